The summed E-state index contributed by atoms with van der Waals surface area (Å²) in [5.74, 6) is 3.04. The first-order valence-electron chi connectivity index (χ1n) is 7.99. The number of nitrogens with zero attached hydrogens (tertiary/aromatic N) is 2. The third kappa shape index (κ3) is 5.13. The van der Waals surface area contributed by atoms with E-state index in [1.54, 1.807) is 0 Å². The lowest BCUT2D eigenvalue weighted by atomic mass is 10.1. The molecule has 0 bridgehead atoms. The van der Waals surface area contributed by atoms with Gasteiger partial charge in [0, 0.05) is 23.6 Å². The monoisotopic (exact) mass is 297 g/mol. The van der Waals surface area contributed by atoms with Crippen LogP contribution < -0.4 is 5.32 Å². The molecule has 0 unspecified atom stereocenters. The van der Waals surface area contributed by atoms with Crippen LogP contribution in [0.15, 0.2) is 0 Å². The molecule has 1 N–H and O–H groups in total. The summed E-state index contributed by atoms with van der Waals surface area (Å²) in [7, 11) is 0. The summed E-state index contributed by atoms with van der Waals surface area (Å²) in [6.07, 6.45) is 2.10. The molecule has 0 aromatic carbocycles. The van der Waals surface area contributed by atoms with E-state index in [1.807, 2.05) is 11.8 Å². The maximum absolute atomic E-state index is 4.83. The second kappa shape index (κ2) is 9.46. The van der Waals surface area contributed by atoms with Crippen LogP contribution in [0.4, 0.5) is 0 Å². The Morgan fingerprint density at radius 3 is 2.50 bits per heavy atom. The summed E-state index contributed by atoms with van der Waals surface area (Å²) >= 11 is 1.99. The molecule has 3 nitrogen and oxygen atoms in total. The lowest BCUT2D eigenvalue weighted by molar-refractivity contribution is 0.548. The van der Waals surface area contributed by atoms with Crippen molar-refractivity contribution in [3.8, 4) is 0 Å². The Morgan fingerprint density at radius 2 is 1.95 bits per heavy atom. The zero-order valence-electron chi connectivity index (χ0n) is 13.8. The van der Waals surface area contributed by atoms with Gasteiger partial charge in [-0.1, -0.05) is 34.6 Å². The van der Waals surface area contributed by atoms with Gasteiger partial charge in [-0.2, -0.15) is 16.9 Å². The molecule has 1 aromatic heterocycles. The number of hydrogen-bond acceptors (Lipinski definition) is 3. The summed E-state index contributed by atoms with van der Waals surface area (Å²) < 4.78 is 2.24. The lowest BCUT2D eigenvalue weighted by Gasteiger charge is -2.10. The highest BCUT2D eigenvalue weighted by Crippen LogP contribution is 2.17. The zero-order chi connectivity index (χ0) is 15.0. The molecule has 0 radical (unpaired) electrons. The second-order valence-electron chi connectivity index (χ2n) is 5.52. The van der Waals surface area contributed by atoms with Gasteiger partial charge in [0.2, 0.25) is 0 Å². The molecule has 0 saturated carbocycles. The Bertz CT molecular complexity index is 385. The Kier molecular flexibility index (Phi) is 8.31. The van der Waals surface area contributed by atoms with Gasteiger partial charge in [-0.15, -0.1) is 0 Å². The van der Waals surface area contributed by atoms with Crippen LogP contribution in [0.25, 0.3) is 0 Å². The molecule has 4 heteroatoms. The van der Waals surface area contributed by atoms with Crippen LogP contribution in [-0.4, -0.2) is 27.8 Å². The van der Waals surface area contributed by atoms with Crippen LogP contribution in [0, 0.1) is 5.92 Å². The fraction of sp³-hybridized carbons (Fsp3) is 0.812. The Balaban J connectivity index is 2.78. The van der Waals surface area contributed by atoms with Gasteiger partial charge in [0.15, 0.2) is 0 Å². The first-order valence-corrected chi connectivity index (χ1v) is 9.15. The van der Waals surface area contributed by atoms with Crippen molar-refractivity contribution < 1.29 is 0 Å². The molecule has 0 aliphatic rings. The molecule has 0 aliphatic heterocycles. The van der Waals surface area contributed by atoms with Gasteiger partial charge in [0.25, 0.3) is 0 Å². The van der Waals surface area contributed by atoms with E-state index in [0.29, 0.717) is 5.92 Å². The summed E-state index contributed by atoms with van der Waals surface area (Å²) in [6.45, 7) is 14.2. The minimum absolute atomic E-state index is 0.696. The third-order valence-corrected chi connectivity index (χ3v) is 4.30. The van der Waals surface area contributed by atoms with Gasteiger partial charge in [-0.05, 0) is 31.1 Å². The van der Waals surface area contributed by atoms with Crippen LogP contribution in [-0.2, 0) is 25.9 Å². The average Bonchev–Trinajstić information content (AvgIpc) is 2.76. The van der Waals surface area contributed by atoms with Crippen molar-refractivity contribution in [3.63, 3.8) is 0 Å². The second-order valence-corrected chi connectivity index (χ2v) is 6.92. The highest BCUT2D eigenvalue weighted by molar-refractivity contribution is 7.99. The van der Waals surface area contributed by atoms with E-state index in [0.717, 1.165) is 38.2 Å². The molecule has 0 fully saturated rings. The van der Waals surface area contributed by atoms with Crippen molar-refractivity contribution in [1.82, 2.24) is 15.1 Å². The van der Waals surface area contributed by atoms with Crippen molar-refractivity contribution in [3.05, 3.63) is 17.0 Å². The summed E-state index contributed by atoms with van der Waals surface area (Å²) in [5, 5.41) is 8.40. The quantitative estimate of drug-likeness (QED) is 0.670. The first kappa shape index (κ1) is 17.6. The van der Waals surface area contributed by atoms with Gasteiger partial charge in [-0.25, -0.2) is 0 Å². The minimum Gasteiger partial charge on any atom is -0.312 e. The molecule has 0 saturated heterocycles. The standard InChI is InChI=1S/C16H31N3S/c1-6-15-14(12-17-11-13(4)5)16(7-2)19(18-15)9-10-20-8-3/h13,17H,6-12H2,1-5H3. The molecule has 1 rings (SSSR count). The predicted octanol–water partition coefficient (Wildman–Crippen LogP) is 3.51. The smallest absolute Gasteiger partial charge is 0.0669 e. The molecule has 0 aliphatic carbocycles. The fourth-order valence-electron chi connectivity index (χ4n) is 2.44. The number of aromatic nitrogens is 2. The molecule has 20 heavy (non-hydrogen) atoms. The lowest BCUT2D eigenvalue weighted by Crippen LogP contribution is -2.20. The minimum atomic E-state index is 0.696. The van der Waals surface area contributed by atoms with Crippen LogP contribution in [0.1, 0.15) is 51.6 Å². The Morgan fingerprint density at radius 1 is 1.20 bits per heavy atom. The van der Waals surface area contributed by atoms with E-state index in [1.165, 1.54) is 22.7 Å². The average molecular weight is 298 g/mol. The molecular weight excluding hydrogens is 266 g/mol. The van der Waals surface area contributed by atoms with E-state index in [9.17, 15) is 0 Å². The van der Waals surface area contributed by atoms with E-state index >= 15 is 0 Å². The number of rotatable bonds is 10. The molecule has 0 atom stereocenters. The van der Waals surface area contributed by atoms with Crippen molar-refractivity contribution in [2.75, 3.05) is 18.1 Å². The van der Waals surface area contributed by atoms with Crippen molar-refractivity contribution >= 4 is 11.8 Å². The summed E-state index contributed by atoms with van der Waals surface area (Å²) in [5.41, 5.74) is 4.14. The SMILES string of the molecule is CCSCCn1nc(CC)c(CNCC(C)C)c1CC. The number of hydrogen-bond donors (Lipinski definition) is 1. The Hall–Kier alpha value is -0.480. The molecule has 0 spiro atoms. The molecular formula is C16H31N3S. The fourth-order valence-corrected chi connectivity index (χ4v) is 3.03. The van der Waals surface area contributed by atoms with Crippen LogP contribution >= 0.6 is 11.8 Å². The van der Waals surface area contributed by atoms with E-state index in [2.05, 4.69) is 44.6 Å². The van der Waals surface area contributed by atoms with E-state index in [-0.39, 0.29) is 0 Å². The molecule has 1 aromatic rings. The topological polar surface area (TPSA) is 29.9 Å². The molecule has 0 amide bonds. The van der Waals surface area contributed by atoms with Gasteiger partial charge < -0.3 is 5.32 Å². The van der Waals surface area contributed by atoms with Gasteiger partial charge in [0.05, 0.1) is 12.2 Å². The van der Waals surface area contributed by atoms with E-state index < -0.39 is 0 Å². The predicted molar refractivity (Wildman–Crippen MR) is 90.5 cm³/mol. The van der Waals surface area contributed by atoms with Gasteiger partial charge >= 0.3 is 0 Å². The van der Waals surface area contributed by atoms with Crippen LogP contribution in [0.5, 0.6) is 0 Å². The number of aryl methyl sites for hydroxylation is 2. The third-order valence-electron chi connectivity index (χ3n) is 3.43. The summed E-state index contributed by atoms with van der Waals surface area (Å²) in [6, 6.07) is 0. The molecule has 1 heterocycles. The van der Waals surface area contributed by atoms with E-state index in [4.69, 9.17) is 5.10 Å². The first-order chi connectivity index (χ1) is 9.63. The normalized spacial score (nSPS) is 11.5. The maximum atomic E-state index is 4.83. The zero-order valence-corrected chi connectivity index (χ0v) is 14.6. The van der Waals surface area contributed by atoms with Gasteiger partial charge in [-0.3, -0.25) is 4.68 Å². The number of thioether (sulfide) groups is 1. The maximum Gasteiger partial charge on any atom is 0.0669 e. The largest absolute Gasteiger partial charge is 0.312 e. The van der Waals surface area contributed by atoms with Gasteiger partial charge in [0.1, 0.15) is 0 Å². The molecule has 116 valence electrons. The van der Waals surface area contributed by atoms with Crippen molar-refractivity contribution in [2.24, 2.45) is 5.92 Å². The Labute approximate surface area is 128 Å². The number of nitrogens with one attached hydrogen (secondary N) is 1. The summed E-state index contributed by atoms with van der Waals surface area (Å²) in [4.78, 5) is 0. The van der Waals surface area contributed by atoms with Crippen molar-refractivity contribution in [2.45, 2.75) is 60.5 Å². The van der Waals surface area contributed by atoms with Crippen LogP contribution in [0.3, 0.4) is 0 Å². The van der Waals surface area contributed by atoms with Crippen molar-refractivity contribution in [1.29, 1.82) is 0 Å². The highest BCUT2D eigenvalue weighted by Gasteiger charge is 2.14. The van der Waals surface area contributed by atoms with Crippen LogP contribution in [0.2, 0.25) is 0 Å². The highest BCUT2D eigenvalue weighted by atomic mass is 32.2.